The van der Waals surface area contributed by atoms with Crippen LogP contribution in [0.2, 0.25) is 0 Å². The first-order chi connectivity index (χ1) is 7.26. The van der Waals surface area contributed by atoms with Crippen LogP contribution < -0.4 is 4.74 Å². The number of hydrogen-bond donors (Lipinski definition) is 0. The van der Waals surface area contributed by atoms with E-state index in [9.17, 15) is 4.79 Å². The third kappa shape index (κ3) is 1.61. The lowest BCUT2D eigenvalue weighted by atomic mass is 10.0. The number of benzene rings is 1. The smallest absolute Gasteiger partial charge is 0.166 e. The van der Waals surface area contributed by atoms with Gasteiger partial charge in [-0.05, 0) is 17.7 Å². The first-order valence-corrected chi connectivity index (χ1v) is 4.80. The van der Waals surface area contributed by atoms with Crippen LogP contribution in [0.4, 0.5) is 0 Å². The zero-order valence-corrected chi connectivity index (χ0v) is 8.86. The van der Waals surface area contributed by atoms with Crippen LogP contribution in [0.15, 0.2) is 23.9 Å². The number of carbonyl (C=O) groups is 1. The van der Waals surface area contributed by atoms with Gasteiger partial charge in [0.1, 0.15) is 5.75 Å². The maximum Gasteiger partial charge on any atom is 0.166 e. The van der Waals surface area contributed by atoms with Crippen LogP contribution in [0.3, 0.4) is 0 Å². The number of carbonyl (C=O) groups excluding carboxylic acids is 1. The van der Waals surface area contributed by atoms with Crippen molar-refractivity contribution in [2.75, 3.05) is 14.2 Å². The lowest BCUT2D eigenvalue weighted by molar-refractivity contribution is -0.106. The Bertz CT molecular complexity index is 424. The molecule has 1 aliphatic heterocycles. The van der Waals surface area contributed by atoms with Gasteiger partial charge in [0.25, 0.3) is 0 Å². The number of nitrogens with zero attached hydrogens (tertiary/aromatic N) is 1. The molecule has 1 aromatic rings. The fraction of sp³-hybridized carbons (Fsp3) is 0.250. The van der Waals surface area contributed by atoms with Gasteiger partial charge in [-0.25, -0.2) is 0 Å². The Morgan fingerprint density at radius 2 is 2.27 bits per heavy atom. The molecule has 1 aliphatic rings. The summed E-state index contributed by atoms with van der Waals surface area (Å²) >= 11 is 0. The standard InChI is InChI=1S/C12H13NO2/c1-13-7-9-4-3-5-12(15-2)11(9)6-10(13)8-14/h3-6,8H,7H2,1-2H3. The monoisotopic (exact) mass is 203 g/mol. The highest BCUT2D eigenvalue weighted by molar-refractivity contribution is 5.83. The zero-order valence-electron chi connectivity index (χ0n) is 8.86. The summed E-state index contributed by atoms with van der Waals surface area (Å²) in [7, 11) is 3.55. The van der Waals surface area contributed by atoms with Crippen molar-refractivity contribution in [3.8, 4) is 5.75 Å². The number of fused-ring (bicyclic) bond motifs is 1. The molecule has 0 unspecified atom stereocenters. The van der Waals surface area contributed by atoms with Gasteiger partial charge in [0.05, 0.1) is 12.8 Å². The van der Waals surface area contributed by atoms with Gasteiger partial charge in [0.2, 0.25) is 0 Å². The molecule has 2 rings (SSSR count). The summed E-state index contributed by atoms with van der Waals surface area (Å²) in [6.07, 6.45) is 2.74. The van der Waals surface area contributed by atoms with Gasteiger partial charge in [-0.1, -0.05) is 12.1 Å². The number of aldehydes is 1. The summed E-state index contributed by atoms with van der Waals surface area (Å²) in [6, 6.07) is 5.92. The van der Waals surface area contributed by atoms with Crippen molar-refractivity contribution in [1.29, 1.82) is 0 Å². The number of rotatable bonds is 2. The predicted octanol–water partition coefficient (Wildman–Crippen LogP) is 1.68. The number of allylic oxidation sites excluding steroid dienone is 1. The average Bonchev–Trinajstić information content (AvgIpc) is 2.27. The number of methoxy groups -OCH3 is 1. The van der Waals surface area contributed by atoms with E-state index in [1.54, 1.807) is 7.11 Å². The first-order valence-electron chi connectivity index (χ1n) is 4.80. The van der Waals surface area contributed by atoms with Crippen molar-refractivity contribution in [3.63, 3.8) is 0 Å². The Labute approximate surface area is 89.0 Å². The summed E-state index contributed by atoms with van der Waals surface area (Å²) < 4.78 is 5.26. The van der Waals surface area contributed by atoms with Gasteiger partial charge in [0.15, 0.2) is 6.29 Å². The Balaban J connectivity index is 2.55. The molecule has 0 spiro atoms. The third-order valence-corrected chi connectivity index (χ3v) is 2.64. The van der Waals surface area contributed by atoms with Gasteiger partial charge in [-0.15, -0.1) is 0 Å². The Kier molecular flexibility index (Phi) is 2.46. The molecule has 78 valence electrons. The van der Waals surface area contributed by atoms with Gasteiger partial charge >= 0.3 is 0 Å². The van der Waals surface area contributed by atoms with Crippen LogP contribution in [0.5, 0.6) is 5.75 Å². The summed E-state index contributed by atoms with van der Waals surface area (Å²) in [6.45, 7) is 0.747. The van der Waals surface area contributed by atoms with Crippen LogP contribution >= 0.6 is 0 Å². The number of hydrogen-bond acceptors (Lipinski definition) is 3. The van der Waals surface area contributed by atoms with E-state index in [0.717, 1.165) is 24.1 Å². The van der Waals surface area contributed by atoms with Gasteiger partial charge in [-0.2, -0.15) is 0 Å². The van der Waals surface area contributed by atoms with Crippen molar-refractivity contribution in [2.24, 2.45) is 0 Å². The highest BCUT2D eigenvalue weighted by Gasteiger charge is 2.16. The van der Waals surface area contributed by atoms with E-state index >= 15 is 0 Å². The van der Waals surface area contributed by atoms with Crippen LogP contribution in [0.25, 0.3) is 6.08 Å². The third-order valence-electron chi connectivity index (χ3n) is 2.64. The summed E-state index contributed by atoms with van der Waals surface area (Å²) in [4.78, 5) is 12.8. The van der Waals surface area contributed by atoms with Gasteiger partial charge < -0.3 is 9.64 Å². The van der Waals surface area contributed by atoms with E-state index in [2.05, 4.69) is 0 Å². The topological polar surface area (TPSA) is 29.5 Å². The van der Waals surface area contributed by atoms with Crippen molar-refractivity contribution in [3.05, 3.63) is 35.0 Å². The molecule has 0 aliphatic carbocycles. The quantitative estimate of drug-likeness (QED) is 0.685. The maximum absolute atomic E-state index is 10.8. The van der Waals surface area contributed by atoms with Crippen LogP contribution in [0.1, 0.15) is 11.1 Å². The molecule has 1 heterocycles. The minimum atomic E-state index is 0.687. The molecular formula is C12H13NO2. The van der Waals surface area contributed by atoms with E-state index in [-0.39, 0.29) is 0 Å². The second-order valence-electron chi connectivity index (χ2n) is 3.58. The van der Waals surface area contributed by atoms with E-state index in [0.29, 0.717) is 5.70 Å². The molecule has 0 saturated heterocycles. The lowest BCUT2D eigenvalue weighted by Crippen LogP contribution is -2.22. The summed E-state index contributed by atoms with van der Waals surface area (Å²) in [5.41, 5.74) is 2.88. The molecule has 0 amide bonds. The molecule has 3 heteroatoms. The summed E-state index contributed by atoms with van der Waals surface area (Å²) in [5.74, 6) is 0.819. The van der Waals surface area contributed by atoms with Crippen molar-refractivity contribution < 1.29 is 9.53 Å². The maximum atomic E-state index is 10.8. The van der Waals surface area contributed by atoms with Crippen LogP contribution in [-0.2, 0) is 11.3 Å². The Morgan fingerprint density at radius 3 is 2.93 bits per heavy atom. The van der Waals surface area contributed by atoms with Crippen LogP contribution in [-0.4, -0.2) is 25.3 Å². The molecule has 0 radical (unpaired) electrons. The molecule has 0 bridgehead atoms. The number of ether oxygens (including phenoxy) is 1. The largest absolute Gasteiger partial charge is 0.496 e. The van der Waals surface area contributed by atoms with Crippen molar-refractivity contribution in [2.45, 2.75) is 6.54 Å². The first kappa shape index (κ1) is 9.77. The molecule has 15 heavy (non-hydrogen) atoms. The Hall–Kier alpha value is -1.77. The number of likely N-dealkylation sites (N-methyl/N-ethyl adjacent to an activating group) is 1. The van der Waals surface area contributed by atoms with E-state index in [1.165, 1.54) is 5.56 Å². The van der Waals surface area contributed by atoms with Crippen molar-refractivity contribution >= 4 is 12.4 Å². The van der Waals surface area contributed by atoms with E-state index in [1.807, 2.05) is 36.2 Å². The second kappa shape index (κ2) is 3.77. The minimum absolute atomic E-state index is 0.687. The normalized spacial score (nSPS) is 14.3. The minimum Gasteiger partial charge on any atom is -0.496 e. The fourth-order valence-electron chi connectivity index (χ4n) is 1.80. The van der Waals surface area contributed by atoms with Gasteiger partial charge in [0, 0.05) is 19.2 Å². The van der Waals surface area contributed by atoms with E-state index < -0.39 is 0 Å². The second-order valence-corrected chi connectivity index (χ2v) is 3.58. The van der Waals surface area contributed by atoms with E-state index in [4.69, 9.17) is 4.74 Å². The molecule has 0 saturated carbocycles. The average molecular weight is 203 g/mol. The Morgan fingerprint density at radius 1 is 1.47 bits per heavy atom. The fourth-order valence-corrected chi connectivity index (χ4v) is 1.80. The van der Waals surface area contributed by atoms with Crippen LogP contribution in [0, 0.1) is 0 Å². The molecule has 0 atom stereocenters. The highest BCUT2D eigenvalue weighted by atomic mass is 16.5. The molecule has 3 nitrogen and oxygen atoms in total. The molecule has 0 aromatic heterocycles. The summed E-state index contributed by atoms with van der Waals surface area (Å²) in [5, 5.41) is 0. The molecular weight excluding hydrogens is 190 g/mol. The molecule has 0 fully saturated rings. The molecule has 1 aromatic carbocycles. The lowest BCUT2D eigenvalue weighted by Gasteiger charge is -2.25. The highest BCUT2D eigenvalue weighted by Crippen LogP contribution is 2.29. The zero-order chi connectivity index (χ0) is 10.8. The molecule has 0 N–H and O–H groups in total. The SMILES string of the molecule is COc1cccc2c1C=C(C=O)N(C)C2. The van der Waals surface area contributed by atoms with Gasteiger partial charge in [-0.3, -0.25) is 4.79 Å². The predicted molar refractivity (Wildman–Crippen MR) is 58.5 cm³/mol. The van der Waals surface area contributed by atoms with Crippen molar-refractivity contribution in [1.82, 2.24) is 4.90 Å².